The van der Waals surface area contributed by atoms with E-state index in [1.54, 1.807) is 0 Å². The quantitative estimate of drug-likeness (QED) is 0.686. The van der Waals surface area contributed by atoms with E-state index in [1.807, 2.05) is 0 Å². The topological polar surface area (TPSA) is 41.5 Å². The molecule has 1 aliphatic carbocycles. The maximum atomic E-state index is 9.74. The van der Waals surface area contributed by atoms with Gasteiger partial charge in [-0.3, -0.25) is 0 Å². The van der Waals surface area contributed by atoms with Gasteiger partial charge in [-0.05, 0) is 69.2 Å². The molecule has 2 rings (SSSR count). The lowest BCUT2D eigenvalue weighted by Gasteiger charge is -2.32. The molecule has 21 heavy (non-hydrogen) atoms. The van der Waals surface area contributed by atoms with Gasteiger partial charge in [0.15, 0.2) is 0 Å². The fourth-order valence-electron chi connectivity index (χ4n) is 2.87. The summed E-state index contributed by atoms with van der Waals surface area (Å²) in [5.74, 6) is 0.953. The summed E-state index contributed by atoms with van der Waals surface area (Å²) in [5, 5.41) is 13.4. The Morgan fingerprint density at radius 1 is 1.24 bits per heavy atom. The fourth-order valence-corrected chi connectivity index (χ4v) is 2.87. The predicted octanol–water partition coefficient (Wildman–Crippen LogP) is 3.36. The van der Waals surface area contributed by atoms with Crippen LogP contribution in [-0.2, 0) is 0 Å². The zero-order valence-corrected chi connectivity index (χ0v) is 13.6. The molecule has 1 aromatic rings. The van der Waals surface area contributed by atoms with Crippen LogP contribution in [0.5, 0.6) is 5.75 Å². The standard InChI is InChI=1S/C18H29NO2/c1-4-18(13-20,19-16-6-7-16)8-5-9-21-17-11-14(2)10-15(3)12-17/h10-12,16,19-20H,4-9,13H2,1-3H3. The van der Waals surface area contributed by atoms with Crippen LogP contribution in [0.15, 0.2) is 18.2 Å². The Balaban J connectivity index is 1.79. The predicted molar refractivity (Wildman–Crippen MR) is 86.9 cm³/mol. The lowest BCUT2D eigenvalue weighted by atomic mass is 9.91. The number of hydrogen-bond donors (Lipinski definition) is 2. The third-order valence-electron chi connectivity index (χ3n) is 4.33. The van der Waals surface area contributed by atoms with Crippen molar-refractivity contribution in [3.8, 4) is 5.75 Å². The van der Waals surface area contributed by atoms with Crippen LogP contribution < -0.4 is 10.1 Å². The Morgan fingerprint density at radius 2 is 1.90 bits per heavy atom. The van der Waals surface area contributed by atoms with E-state index in [4.69, 9.17) is 4.74 Å². The molecule has 1 fully saturated rings. The minimum atomic E-state index is -0.118. The zero-order valence-electron chi connectivity index (χ0n) is 13.6. The third kappa shape index (κ3) is 5.01. The van der Waals surface area contributed by atoms with Crippen molar-refractivity contribution in [3.05, 3.63) is 29.3 Å². The van der Waals surface area contributed by atoms with E-state index in [-0.39, 0.29) is 12.1 Å². The molecule has 1 aliphatic rings. The number of nitrogens with one attached hydrogen (secondary N) is 1. The molecule has 1 atom stereocenters. The number of benzene rings is 1. The number of ether oxygens (including phenoxy) is 1. The molecule has 3 nitrogen and oxygen atoms in total. The van der Waals surface area contributed by atoms with Crippen LogP contribution in [0.3, 0.4) is 0 Å². The summed E-state index contributed by atoms with van der Waals surface area (Å²) >= 11 is 0. The van der Waals surface area contributed by atoms with Crippen LogP contribution in [0.2, 0.25) is 0 Å². The summed E-state index contributed by atoms with van der Waals surface area (Å²) in [7, 11) is 0. The first-order valence-electron chi connectivity index (χ1n) is 8.16. The van der Waals surface area contributed by atoms with Gasteiger partial charge in [0.1, 0.15) is 5.75 Å². The summed E-state index contributed by atoms with van der Waals surface area (Å²) in [4.78, 5) is 0. The molecule has 3 heteroatoms. The third-order valence-corrected chi connectivity index (χ3v) is 4.33. The molecule has 0 heterocycles. The number of aliphatic hydroxyl groups excluding tert-OH is 1. The van der Waals surface area contributed by atoms with Crippen molar-refractivity contribution in [2.24, 2.45) is 0 Å². The van der Waals surface area contributed by atoms with Gasteiger partial charge >= 0.3 is 0 Å². The first-order chi connectivity index (χ1) is 10.1. The van der Waals surface area contributed by atoms with Crippen molar-refractivity contribution in [2.75, 3.05) is 13.2 Å². The molecular formula is C18H29NO2. The van der Waals surface area contributed by atoms with Crippen LogP contribution >= 0.6 is 0 Å². The minimum Gasteiger partial charge on any atom is -0.494 e. The molecule has 1 aromatic carbocycles. The largest absolute Gasteiger partial charge is 0.494 e. The maximum Gasteiger partial charge on any atom is 0.119 e. The number of aryl methyl sites for hydroxylation is 2. The van der Waals surface area contributed by atoms with E-state index in [0.717, 1.165) is 25.0 Å². The molecule has 0 saturated heterocycles. The lowest BCUT2D eigenvalue weighted by Crippen LogP contribution is -2.49. The number of hydrogen-bond acceptors (Lipinski definition) is 3. The normalized spacial score (nSPS) is 17.5. The summed E-state index contributed by atoms with van der Waals surface area (Å²) in [6.45, 7) is 7.25. The highest BCUT2D eigenvalue weighted by atomic mass is 16.5. The molecular weight excluding hydrogens is 262 g/mol. The van der Waals surface area contributed by atoms with Crippen molar-refractivity contribution in [1.29, 1.82) is 0 Å². The summed E-state index contributed by atoms with van der Waals surface area (Å²) in [6, 6.07) is 6.93. The molecule has 1 saturated carbocycles. The maximum absolute atomic E-state index is 9.74. The first kappa shape index (κ1) is 16.3. The Morgan fingerprint density at radius 3 is 2.43 bits per heavy atom. The second kappa shape index (κ2) is 7.28. The zero-order chi connectivity index (χ0) is 15.3. The highest BCUT2D eigenvalue weighted by Gasteiger charge is 2.33. The minimum absolute atomic E-state index is 0.118. The molecule has 2 N–H and O–H groups in total. The van der Waals surface area contributed by atoms with Gasteiger partial charge < -0.3 is 15.2 Å². The molecule has 0 radical (unpaired) electrons. The summed E-state index contributed by atoms with van der Waals surface area (Å²) < 4.78 is 5.86. The van der Waals surface area contributed by atoms with Crippen molar-refractivity contribution >= 4 is 0 Å². The van der Waals surface area contributed by atoms with E-state index in [9.17, 15) is 5.11 Å². The van der Waals surface area contributed by atoms with E-state index < -0.39 is 0 Å². The van der Waals surface area contributed by atoms with E-state index >= 15 is 0 Å². The monoisotopic (exact) mass is 291 g/mol. The first-order valence-corrected chi connectivity index (χ1v) is 8.16. The Bertz CT molecular complexity index is 430. The molecule has 0 aromatic heterocycles. The summed E-state index contributed by atoms with van der Waals surface area (Å²) in [5.41, 5.74) is 2.35. The van der Waals surface area contributed by atoms with Gasteiger partial charge in [-0.25, -0.2) is 0 Å². The molecule has 118 valence electrons. The average molecular weight is 291 g/mol. The molecule has 1 unspecified atom stereocenters. The van der Waals surface area contributed by atoms with Crippen molar-refractivity contribution in [2.45, 2.75) is 64.5 Å². The van der Waals surface area contributed by atoms with Crippen LogP contribution in [0.4, 0.5) is 0 Å². The second-order valence-corrected chi connectivity index (χ2v) is 6.49. The van der Waals surface area contributed by atoms with Gasteiger partial charge in [-0.15, -0.1) is 0 Å². The molecule has 0 aliphatic heterocycles. The Labute approximate surface area is 128 Å². The van der Waals surface area contributed by atoms with Gasteiger partial charge in [0, 0.05) is 11.6 Å². The summed E-state index contributed by atoms with van der Waals surface area (Å²) in [6.07, 6.45) is 5.38. The Kier molecular flexibility index (Phi) is 5.65. The van der Waals surface area contributed by atoms with Crippen LogP contribution in [0.1, 0.15) is 50.2 Å². The highest BCUT2D eigenvalue weighted by molar-refractivity contribution is 5.32. The SMILES string of the molecule is CCC(CO)(CCCOc1cc(C)cc(C)c1)NC1CC1. The van der Waals surface area contributed by atoms with Crippen LogP contribution in [0.25, 0.3) is 0 Å². The van der Waals surface area contributed by atoms with Crippen LogP contribution in [0, 0.1) is 13.8 Å². The lowest BCUT2D eigenvalue weighted by molar-refractivity contribution is 0.136. The van der Waals surface area contributed by atoms with Gasteiger partial charge in [0.25, 0.3) is 0 Å². The van der Waals surface area contributed by atoms with Gasteiger partial charge in [-0.2, -0.15) is 0 Å². The van der Waals surface area contributed by atoms with Crippen LogP contribution in [-0.4, -0.2) is 29.9 Å². The van der Waals surface area contributed by atoms with Gasteiger partial charge in [-0.1, -0.05) is 13.0 Å². The van der Waals surface area contributed by atoms with Crippen molar-refractivity contribution in [1.82, 2.24) is 5.32 Å². The average Bonchev–Trinajstić information content (AvgIpc) is 3.25. The van der Waals surface area contributed by atoms with Crippen molar-refractivity contribution < 1.29 is 9.84 Å². The van der Waals surface area contributed by atoms with Gasteiger partial charge in [0.2, 0.25) is 0 Å². The highest BCUT2D eigenvalue weighted by Crippen LogP contribution is 2.27. The molecule has 0 amide bonds. The number of aliphatic hydroxyl groups is 1. The number of rotatable bonds is 9. The molecule has 0 spiro atoms. The fraction of sp³-hybridized carbons (Fsp3) is 0.667. The van der Waals surface area contributed by atoms with Gasteiger partial charge in [0.05, 0.1) is 13.2 Å². The smallest absolute Gasteiger partial charge is 0.119 e. The van der Waals surface area contributed by atoms with E-state index in [1.165, 1.54) is 24.0 Å². The van der Waals surface area contributed by atoms with E-state index in [0.29, 0.717) is 12.6 Å². The van der Waals surface area contributed by atoms with Crippen molar-refractivity contribution in [3.63, 3.8) is 0 Å². The van der Waals surface area contributed by atoms with E-state index in [2.05, 4.69) is 44.3 Å². The second-order valence-electron chi connectivity index (χ2n) is 6.49. The Hall–Kier alpha value is -1.06. The molecule has 0 bridgehead atoms.